The van der Waals surface area contributed by atoms with E-state index in [1.165, 1.54) is 69.7 Å². The molecule has 0 aromatic heterocycles. The molecule has 0 amide bonds. The van der Waals surface area contributed by atoms with Gasteiger partial charge in [-0.15, -0.1) is 0 Å². The lowest BCUT2D eigenvalue weighted by Gasteiger charge is -2.15. The molecule has 0 bridgehead atoms. The largest absolute Gasteiger partial charge is 0.506 e. The quantitative estimate of drug-likeness (QED) is 0.157. The molecular formula is C25H39N3O7S3. The minimum Gasteiger partial charge on any atom is -0.506 e. The third-order valence-corrected chi connectivity index (χ3v) is 10.1. The Labute approximate surface area is 227 Å². The summed E-state index contributed by atoms with van der Waals surface area (Å²) in [4.78, 5) is -1.59. The zero-order chi connectivity index (χ0) is 28.4. The summed E-state index contributed by atoms with van der Waals surface area (Å²) in [6.07, 6.45) is 11.0. The second-order valence-electron chi connectivity index (χ2n) is 9.32. The van der Waals surface area contributed by atoms with Crippen molar-refractivity contribution in [2.24, 2.45) is 5.14 Å². The van der Waals surface area contributed by atoms with Crippen molar-refractivity contribution >= 4 is 35.8 Å². The van der Waals surface area contributed by atoms with Crippen molar-refractivity contribution in [3.63, 3.8) is 0 Å². The molecular weight excluding hydrogens is 550 g/mol. The number of nitrogens with two attached hydrogens (primary N) is 1. The first kappa shape index (κ1) is 32.0. The fraction of sp³-hybridized carbons (Fsp3) is 0.520. The monoisotopic (exact) mass is 589 g/mol. The van der Waals surface area contributed by atoms with Crippen LogP contribution in [0.25, 0.3) is 0 Å². The SMILES string of the molecule is CCCCCCCCCCCCNS(=O)(=O)c1ccccc1S(=O)(=O)Nc1cc(C)c(O)c(S(N)(=O)=O)c1. The van der Waals surface area contributed by atoms with Crippen LogP contribution in [-0.2, 0) is 30.1 Å². The lowest BCUT2D eigenvalue weighted by molar-refractivity contribution is 0.454. The van der Waals surface area contributed by atoms with Crippen LogP contribution in [0, 0.1) is 6.92 Å². The molecule has 0 atom stereocenters. The molecule has 0 fully saturated rings. The molecule has 0 aliphatic heterocycles. The average Bonchev–Trinajstić information content (AvgIpc) is 2.83. The highest BCUT2D eigenvalue weighted by molar-refractivity contribution is 7.94. The van der Waals surface area contributed by atoms with Gasteiger partial charge in [0.2, 0.25) is 20.0 Å². The Balaban J connectivity index is 2.05. The first-order valence-electron chi connectivity index (χ1n) is 12.8. The molecule has 214 valence electrons. The molecule has 2 rings (SSSR count). The van der Waals surface area contributed by atoms with Crippen molar-refractivity contribution in [2.75, 3.05) is 11.3 Å². The number of phenolic OH excluding ortho intramolecular Hbond substituents is 1. The molecule has 0 unspecified atom stereocenters. The molecule has 0 saturated carbocycles. The zero-order valence-corrected chi connectivity index (χ0v) is 24.4. The van der Waals surface area contributed by atoms with E-state index in [1.54, 1.807) is 0 Å². The molecule has 0 radical (unpaired) electrons. The molecule has 2 aromatic rings. The van der Waals surface area contributed by atoms with Crippen LogP contribution in [-0.4, -0.2) is 36.9 Å². The van der Waals surface area contributed by atoms with Crippen molar-refractivity contribution in [1.29, 1.82) is 0 Å². The second-order valence-corrected chi connectivity index (χ2v) is 14.2. The molecule has 10 nitrogen and oxygen atoms in total. The minimum absolute atomic E-state index is 0.0632. The maximum Gasteiger partial charge on any atom is 0.263 e. The Morgan fingerprint density at radius 2 is 1.24 bits per heavy atom. The number of sulfonamides is 3. The summed E-state index contributed by atoms with van der Waals surface area (Å²) in [5.41, 5.74) is -0.136. The van der Waals surface area contributed by atoms with E-state index in [9.17, 15) is 30.4 Å². The van der Waals surface area contributed by atoms with Crippen LogP contribution < -0.4 is 14.6 Å². The van der Waals surface area contributed by atoms with Gasteiger partial charge in [-0.05, 0) is 43.2 Å². The number of phenols is 1. The highest BCUT2D eigenvalue weighted by atomic mass is 32.2. The van der Waals surface area contributed by atoms with Gasteiger partial charge in [0, 0.05) is 6.54 Å². The number of benzene rings is 2. The smallest absolute Gasteiger partial charge is 0.263 e. The van der Waals surface area contributed by atoms with Gasteiger partial charge in [-0.1, -0.05) is 76.8 Å². The van der Waals surface area contributed by atoms with Gasteiger partial charge in [-0.3, -0.25) is 4.72 Å². The van der Waals surface area contributed by atoms with Crippen molar-refractivity contribution < 1.29 is 30.4 Å². The first-order valence-corrected chi connectivity index (χ1v) is 17.3. The zero-order valence-electron chi connectivity index (χ0n) is 21.9. The topological polar surface area (TPSA) is 173 Å². The number of hydrogen-bond acceptors (Lipinski definition) is 7. The van der Waals surface area contributed by atoms with E-state index < -0.39 is 50.5 Å². The molecule has 13 heteroatoms. The van der Waals surface area contributed by atoms with Gasteiger partial charge in [-0.2, -0.15) is 0 Å². The van der Waals surface area contributed by atoms with Crippen molar-refractivity contribution in [1.82, 2.24) is 4.72 Å². The third kappa shape index (κ3) is 9.53. The van der Waals surface area contributed by atoms with Crippen molar-refractivity contribution in [3.8, 4) is 5.75 Å². The first-order chi connectivity index (χ1) is 17.8. The number of nitrogens with one attached hydrogen (secondary N) is 2. The van der Waals surface area contributed by atoms with Crippen molar-refractivity contribution in [3.05, 3.63) is 42.0 Å². The summed E-state index contributed by atoms with van der Waals surface area (Å²) in [7, 11) is -13.0. The number of unbranched alkanes of at least 4 members (excludes halogenated alkanes) is 9. The van der Waals surface area contributed by atoms with Crippen LogP contribution in [0.2, 0.25) is 0 Å². The van der Waals surface area contributed by atoms with Gasteiger partial charge in [0.15, 0.2) is 0 Å². The van der Waals surface area contributed by atoms with E-state index >= 15 is 0 Å². The van der Waals surface area contributed by atoms with Crippen LogP contribution >= 0.6 is 0 Å². The van der Waals surface area contributed by atoms with E-state index in [-0.39, 0.29) is 17.8 Å². The van der Waals surface area contributed by atoms with Gasteiger partial charge in [0.1, 0.15) is 20.4 Å². The van der Waals surface area contributed by atoms with Crippen LogP contribution in [0.1, 0.15) is 76.7 Å². The highest BCUT2D eigenvalue weighted by Crippen LogP contribution is 2.31. The Morgan fingerprint density at radius 3 is 1.76 bits per heavy atom. The summed E-state index contributed by atoms with van der Waals surface area (Å²) in [5.74, 6) is -0.602. The molecule has 0 aliphatic carbocycles. The Kier molecular flexibility index (Phi) is 12.0. The molecule has 0 spiro atoms. The predicted octanol–water partition coefficient (Wildman–Crippen LogP) is 4.35. The minimum atomic E-state index is -4.46. The summed E-state index contributed by atoms with van der Waals surface area (Å²) in [5, 5.41) is 15.1. The van der Waals surface area contributed by atoms with Crippen LogP contribution in [0.15, 0.2) is 51.1 Å². The lowest BCUT2D eigenvalue weighted by Crippen LogP contribution is -2.27. The fourth-order valence-corrected chi connectivity index (χ4v) is 7.69. The number of aryl methyl sites for hydroxylation is 1. The standard InChI is InChI=1S/C25H39N3O7S3/c1-3-4-5-6-7-8-9-10-11-14-17-27-37(32,33)22-15-12-13-16-23(22)38(34,35)28-21-18-20(2)25(29)24(19-21)36(26,30)31/h12-13,15-16,18-19,27-29H,3-11,14,17H2,1-2H3,(H2,26,30,31). The Hall–Kier alpha value is -2.19. The lowest BCUT2D eigenvalue weighted by atomic mass is 10.1. The van der Waals surface area contributed by atoms with Crippen LogP contribution in [0.4, 0.5) is 5.69 Å². The van der Waals surface area contributed by atoms with Gasteiger partial charge in [0.05, 0.1) is 5.69 Å². The molecule has 38 heavy (non-hydrogen) atoms. The number of primary sulfonamides is 1. The highest BCUT2D eigenvalue weighted by Gasteiger charge is 2.27. The van der Waals surface area contributed by atoms with E-state index in [1.807, 2.05) is 0 Å². The molecule has 5 N–H and O–H groups in total. The van der Waals surface area contributed by atoms with Gasteiger partial charge >= 0.3 is 0 Å². The number of aromatic hydroxyl groups is 1. The van der Waals surface area contributed by atoms with Gasteiger partial charge < -0.3 is 5.11 Å². The number of anilines is 1. The predicted molar refractivity (Wildman–Crippen MR) is 148 cm³/mol. The maximum atomic E-state index is 13.1. The summed E-state index contributed by atoms with van der Waals surface area (Å²) in [6.45, 7) is 3.74. The van der Waals surface area contributed by atoms with E-state index in [2.05, 4.69) is 16.4 Å². The molecule has 2 aromatic carbocycles. The van der Waals surface area contributed by atoms with Gasteiger partial charge in [0.25, 0.3) is 10.0 Å². The summed E-state index contributed by atoms with van der Waals surface area (Å²) >= 11 is 0. The molecule has 0 aliphatic rings. The van der Waals surface area contributed by atoms with Crippen LogP contribution in [0.3, 0.4) is 0 Å². The average molecular weight is 590 g/mol. The van der Waals surface area contributed by atoms with E-state index in [0.717, 1.165) is 31.4 Å². The fourth-order valence-electron chi connectivity index (χ4n) is 4.02. The van der Waals surface area contributed by atoms with Crippen LogP contribution in [0.5, 0.6) is 5.75 Å². The van der Waals surface area contributed by atoms with E-state index in [4.69, 9.17) is 5.14 Å². The third-order valence-electron chi connectivity index (χ3n) is 6.07. The molecule has 0 heterocycles. The maximum absolute atomic E-state index is 13.1. The van der Waals surface area contributed by atoms with Crippen molar-refractivity contribution in [2.45, 2.75) is 92.7 Å². The second kappa shape index (κ2) is 14.3. The van der Waals surface area contributed by atoms with Gasteiger partial charge in [-0.25, -0.2) is 35.1 Å². The summed E-state index contributed by atoms with van der Waals surface area (Å²) in [6, 6.07) is 7.21. The molecule has 0 saturated heterocycles. The normalized spacial score (nSPS) is 12.5. The Morgan fingerprint density at radius 1 is 0.737 bits per heavy atom. The Bertz CT molecular complexity index is 1390. The number of hydrogen-bond donors (Lipinski definition) is 4. The summed E-state index contributed by atoms with van der Waals surface area (Å²) < 4.78 is 80.4. The van der Waals surface area contributed by atoms with E-state index in [0.29, 0.717) is 6.42 Å². The number of rotatable bonds is 17.